The summed E-state index contributed by atoms with van der Waals surface area (Å²) in [4.78, 5) is 69.0. The number of piperidine rings is 1. The lowest BCUT2D eigenvalue weighted by molar-refractivity contribution is -0.146. The van der Waals surface area contributed by atoms with E-state index in [0.717, 1.165) is 16.7 Å². The van der Waals surface area contributed by atoms with Crippen LogP contribution in [0.25, 0.3) is 0 Å². The summed E-state index contributed by atoms with van der Waals surface area (Å²) in [5.41, 5.74) is 0.968. The van der Waals surface area contributed by atoms with Crippen molar-refractivity contribution in [2.75, 3.05) is 33.9 Å². The quantitative estimate of drug-likeness (QED) is 0.147. The molecule has 0 bridgehead atoms. The first-order valence-corrected chi connectivity index (χ1v) is 19.1. The number of likely N-dealkylation sites (tertiary alicyclic amines) is 1. The fraction of sp³-hybridized carbons (Fsp3) is 0.465. The molecule has 1 aliphatic carbocycles. The first kappa shape index (κ1) is 43.7. The number of methoxy groups -OCH3 is 2. The Balaban J connectivity index is 0.00000696. The van der Waals surface area contributed by atoms with Gasteiger partial charge in [0.05, 0.1) is 31.1 Å². The Morgan fingerprint density at radius 3 is 2.20 bits per heavy atom. The molecule has 3 aromatic carbocycles. The summed E-state index contributed by atoms with van der Waals surface area (Å²) in [7, 11) is 2.83. The Morgan fingerprint density at radius 2 is 1.52 bits per heavy atom. The second-order valence-corrected chi connectivity index (χ2v) is 15.2. The van der Waals surface area contributed by atoms with Gasteiger partial charge in [0.2, 0.25) is 11.8 Å². The minimum atomic E-state index is -1.17. The van der Waals surface area contributed by atoms with Gasteiger partial charge in [-0.15, -0.1) is 0 Å². The van der Waals surface area contributed by atoms with Crippen molar-refractivity contribution in [2.24, 2.45) is 0 Å². The molecule has 2 aliphatic rings. The average molecular weight is 789 g/mol. The summed E-state index contributed by atoms with van der Waals surface area (Å²) in [5, 5.41) is 8.87. The number of alkyl carbamates (subject to hydrolysis) is 1. The van der Waals surface area contributed by atoms with Crippen LogP contribution in [0.2, 0.25) is 0 Å². The highest BCUT2D eigenvalue weighted by atomic mass is 32.1. The minimum Gasteiger partial charge on any atom is -0.496 e. The molecule has 5 rings (SSSR count). The van der Waals surface area contributed by atoms with Crippen LogP contribution >= 0.6 is 13.5 Å². The molecule has 0 aromatic heterocycles. The summed E-state index contributed by atoms with van der Waals surface area (Å²) < 4.78 is 15.8. The highest BCUT2D eigenvalue weighted by Gasteiger charge is 2.49. The second-order valence-electron chi connectivity index (χ2n) is 15.2. The van der Waals surface area contributed by atoms with Crippen LogP contribution in [0.1, 0.15) is 98.7 Å². The molecule has 1 saturated heterocycles. The molecule has 1 aliphatic heterocycles. The number of esters is 1. The van der Waals surface area contributed by atoms with E-state index in [1.807, 2.05) is 65.6 Å². The fourth-order valence-electron chi connectivity index (χ4n) is 7.70. The van der Waals surface area contributed by atoms with E-state index in [0.29, 0.717) is 75.9 Å². The summed E-state index contributed by atoms with van der Waals surface area (Å²) in [6.45, 7) is 6.71. The molecule has 302 valence electrons. The smallest absolute Gasteiger partial charge is 0.407 e. The van der Waals surface area contributed by atoms with Crippen LogP contribution in [0.15, 0.2) is 78.9 Å². The fourth-order valence-corrected chi connectivity index (χ4v) is 7.70. The molecular weight excluding hydrogens is 733 g/mol. The van der Waals surface area contributed by atoms with Crippen molar-refractivity contribution in [3.05, 3.63) is 101 Å². The van der Waals surface area contributed by atoms with Crippen molar-refractivity contribution in [3.8, 4) is 5.75 Å². The maximum atomic E-state index is 14.7. The van der Waals surface area contributed by atoms with Gasteiger partial charge in [-0.1, -0.05) is 66.7 Å². The summed E-state index contributed by atoms with van der Waals surface area (Å²) >= 11 is 0. The Hall–Kier alpha value is -5.04. The number of hydrogen-bond donors (Lipinski definition) is 3. The normalized spacial score (nSPS) is 18.6. The molecule has 12 nitrogen and oxygen atoms in total. The van der Waals surface area contributed by atoms with E-state index in [9.17, 15) is 24.0 Å². The zero-order valence-electron chi connectivity index (χ0n) is 33.0. The molecule has 56 heavy (non-hydrogen) atoms. The Bertz CT molecular complexity index is 1830. The maximum Gasteiger partial charge on any atom is 0.407 e. The van der Waals surface area contributed by atoms with Gasteiger partial charge in [-0.2, -0.15) is 13.5 Å². The van der Waals surface area contributed by atoms with Gasteiger partial charge in [0.25, 0.3) is 5.91 Å². The highest BCUT2D eigenvalue weighted by molar-refractivity contribution is 7.59. The topological polar surface area (TPSA) is 152 Å². The van der Waals surface area contributed by atoms with Gasteiger partial charge in [0.15, 0.2) is 0 Å². The summed E-state index contributed by atoms with van der Waals surface area (Å²) in [6, 6.07) is 23.2. The van der Waals surface area contributed by atoms with Crippen LogP contribution in [0, 0.1) is 0 Å². The Kier molecular flexibility index (Phi) is 15.4. The number of para-hydroxylation sites is 1. The van der Waals surface area contributed by atoms with E-state index in [2.05, 4.69) is 16.0 Å². The van der Waals surface area contributed by atoms with E-state index in [-0.39, 0.29) is 37.3 Å². The van der Waals surface area contributed by atoms with Crippen LogP contribution in [0.3, 0.4) is 0 Å². The molecule has 1 fully saturated rings. The van der Waals surface area contributed by atoms with Gasteiger partial charge >= 0.3 is 12.1 Å². The van der Waals surface area contributed by atoms with Crippen LogP contribution in [-0.2, 0) is 29.3 Å². The van der Waals surface area contributed by atoms with Crippen LogP contribution in [0.4, 0.5) is 4.79 Å². The van der Waals surface area contributed by atoms with Gasteiger partial charge in [-0.05, 0) is 94.5 Å². The molecule has 3 atom stereocenters. The first-order valence-electron chi connectivity index (χ1n) is 19.1. The van der Waals surface area contributed by atoms with Crippen molar-refractivity contribution in [1.29, 1.82) is 0 Å². The van der Waals surface area contributed by atoms with Gasteiger partial charge in [-0.3, -0.25) is 14.4 Å². The molecule has 13 heteroatoms. The number of carbonyl (C=O) groups excluding carboxylic acids is 5. The van der Waals surface area contributed by atoms with Crippen LogP contribution < -0.4 is 20.7 Å². The number of ether oxygens (including phenoxy) is 3. The van der Waals surface area contributed by atoms with Gasteiger partial charge in [0.1, 0.15) is 17.4 Å². The van der Waals surface area contributed by atoms with E-state index in [4.69, 9.17) is 14.2 Å². The van der Waals surface area contributed by atoms with Crippen molar-refractivity contribution in [2.45, 2.75) is 94.7 Å². The lowest BCUT2D eigenvalue weighted by atomic mass is 9.62. The third-order valence-corrected chi connectivity index (χ3v) is 10.4. The summed E-state index contributed by atoms with van der Waals surface area (Å²) in [5.74, 6) is -1.06. The number of unbranched alkanes of at least 4 members (excludes halogenated alkanes) is 1. The molecule has 0 spiro atoms. The maximum absolute atomic E-state index is 14.7. The molecule has 0 radical (unpaired) electrons. The van der Waals surface area contributed by atoms with E-state index >= 15 is 0 Å². The number of hydrogen-bond acceptors (Lipinski definition) is 8. The zero-order chi connectivity index (χ0) is 39.6. The number of benzene rings is 3. The third kappa shape index (κ3) is 10.4. The number of carbonyl (C=O) groups is 5. The summed E-state index contributed by atoms with van der Waals surface area (Å²) in [6.07, 6.45) is 2.87. The van der Waals surface area contributed by atoms with Crippen LogP contribution in [0.5, 0.6) is 5.75 Å². The predicted molar refractivity (Wildman–Crippen MR) is 218 cm³/mol. The van der Waals surface area contributed by atoms with E-state index in [1.54, 1.807) is 39.0 Å². The Morgan fingerprint density at radius 1 is 0.857 bits per heavy atom. The van der Waals surface area contributed by atoms with Crippen LogP contribution in [-0.4, -0.2) is 86.2 Å². The molecule has 3 aromatic rings. The number of nitrogens with zero attached hydrogens (tertiary/aromatic N) is 1. The number of fused-ring (bicyclic) bond motifs is 1. The predicted octanol–water partition coefficient (Wildman–Crippen LogP) is 5.75. The molecule has 0 unspecified atom stereocenters. The first-order chi connectivity index (χ1) is 26.4. The van der Waals surface area contributed by atoms with Crippen molar-refractivity contribution in [1.82, 2.24) is 20.9 Å². The van der Waals surface area contributed by atoms with Gasteiger partial charge in [-0.25, -0.2) is 9.59 Å². The lowest BCUT2D eigenvalue weighted by Crippen LogP contribution is -2.54. The monoisotopic (exact) mass is 788 g/mol. The SMILES string of the molecule is COC(=O)[C@@H](CCCCNC(=O)OC(C)(C)C)NC(=O)[C@@]1(c2ccccc2)CC[C@H](C(=O)N2CCC(NC(=O)c3ccccc3OC)CC2)c2ccccc21.S. The van der Waals surface area contributed by atoms with E-state index < -0.39 is 35.0 Å². The number of nitrogens with one attached hydrogen (secondary N) is 3. The molecule has 0 saturated carbocycles. The van der Waals surface area contributed by atoms with Gasteiger partial charge < -0.3 is 35.1 Å². The molecular formula is C43H56N4O8S. The number of rotatable bonds is 13. The molecule has 3 N–H and O–H groups in total. The lowest BCUT2D eigenvalue weighted by Gasteiger charge is -2.43. The third-order valence-electron chi connectivity index (χ3n) is 10.4. The van der Waals surface area contributed by atoms with Crippen molar-refractivity contribution >= 4 is 43.3 Å². The standard InChI is InChI=1S/C43H54N4O8.H2S/c1-42(2,3)55-41(52)44-26-14-13-20-35(39(50)54-5)46-40(51)43(29-15-7-6-8-16-29)25-22-32(31-17-9-11-19-34(31)43)38(49)47-27-23-30(24-28-47)45-37(48)33-18-10-12-21-36(33)53-4;/h6-12,15-19,21,30,32,35H,13-14,20,22-28H2,1-5H3,(H,44,52)(H,45,48)(H,46,51);1H2/t32-,35+,43+;/m0./s1. The molecule has 1 heterocycles. The van der Waals surface area contributed by atoms with Crippen molar-refractivity contribution in [3.63, 3.8) is 0 Å². The van der Waals surface area contributed by atoms with E-state index in [1.165, 1.54) is 14.2 Å². The highest BCUT2D eigenvalue weighted by Crippen LogP contribution is 2.48. The van der Waals surface area contributed by atoms with Crippen molar-refractivity contribution < 1.29 is 38.2 Å². The minimum absolute atomic E-state index is 0. The largest absolute Gasteiger partial charge is 0.496 e. The average Bonchev–Trinajstić information content (AvgIpc) is 3.19. The Labute approximate surface area is 336 Å². The molecule has 4 amide bonds. The van der Waals surface area contributed by atoms with Gasteiger partial charge in [0, 0.05) is 25.7 Å². The second kappa shape index (κ2) is 19.7. The number of amides is 4. The zero-order valence-corrected chi connectivity index (χ0v) is 34.0.